The van der Waals surface area contributed by atoms with Crippen LogP contribution in [0.3, 0.4) is 0 Å². The number of anilines is 1. The van der Waals surface area contributed by atoms with Crippen molar-refractivity contribution >= 4 is 5.95 Å². The van der Waals surface area contributed by atoms with Gasteiger partial charge in [0.25, 0.3) is 0 Å². The van der Waals surface area contributed by atoms with Gasteiger partial charge in [-0.15, -0.1) is 0 Å². The Morgan fingerprint density at radius 2 is 2.30 bits per heavy atom. The summed E-state index contributed by atoms with van der Waals surface area (Å²) in [6.45, 7) is 3.64. The first-order chi connectivity index (χ1) is 9.80. The molecular formula is C14H22N4O2. The van der Waals surface area contributed by atoms with Gasteiger partial charge in [-0.2, -0.15) is 0 Å². The first kappa shape index (κ1) is 13.7. The van der Waals surface area contributed by atoms with E-state index in [1.807, 2.05) is 6.07 Å². The summed E-state index contributed by atoms with van der Waals surface area (Å²) in [6, 6.07) is 2.08. The number of piperidine rings is 1. The van der Waals surface area contributed by atoms with E-state index in [1.165, 1.54) is 0 Å². The predicted molar refractivity (Wildman–Crippen MR) is 75.5 cm³/mol. The number of ether oxygens (including phenoxy) is 1. The maximum atomic E-state index is 9.09. The molecule has 1 aromatic heterocycles. The summed E-state index contributed by atoms with van der Waals surface area (Å²) >= 11 is 0. The Morgan fingerprint density at radius 1 is 1.45 bits per heavy atom. The molecule has 2 atom stereocenters. The standard InChI is InChI=1S/C14H22N4O2/c19-8-7-18-6-1-3-14(11-18)9-12(10-20-14)17-13-15-4-2-5-16-13/h2,4-5,12,19H,1,3,6-11H2,(H,15,16,17)/t12-,14+/m0/s1. The van der Waals surface area contributed by atoms with Crippen molar-refractivity contribution in [3.8, 4) is 0 Å². The van der Waals surface area contributed by atoms with Crippen LogP contribution in [0, 0.1) is 0 Å². The summed E-state index contributed by atoms with van der Waals surface area (Å²) < 4.78 is 6.10. The maximum Gasteiger partial charge on any atom is 0.222 e. The molecule has 1 spiro atoms. The average Bonchev–Trinajstić information content (AvgIpc) is 2.83. The molecule has 0 aliphatic carbocycles. The van der Waals surface area contributed by atoms with Crippen LogP contribution in [0.4, 0.5) is 5.95 Å². The highest BCUT2D eigenvalue weighted by atomic mass is 16.5. The molecule has 2 N–H and O–H groups in total. The number of hydrogen-bond acceptors (Lipinski definition) is 6. The van der Waals surface area contributed by atoms with E-state index >= 15 is 0 Å². The summed E-state index contributed by atoms with van der Waals surface area (Å²) in [5.74, 6) is 0.668. The number of aromatic nitrogens is 2. The quantitative estimate of drug-likeness (QED) is 0.836. The molecule has 0 amide bonds. The lowest BCUT2D eigenvalue weighted by molar-refractivity contribution is -0.0536. The smallest absolute Gasteiger partial charge is 0.222 e. The first-order valence-corrected chi connectivity index (χ1v) is 7.30. The van der Waals surface area contributed by atoms with Gasteiger partial charge in [-0.1, -0.05) is 0 Å². The zero-order valence-electron chi connectivity index (χ0n) is 11.7. The Morgan fingerprint density at radius 3 is 3.10 bits per heavy atom. The van der Waals surface area contributed by atoms with E-state index in [4.69, 9.17) is 9.84 Å². The van der Waals surface area contributed by atoms with E-state index in [2.05, 4.69) is 20.2 Å². The van der Waals surface area contributed by atoms with Crippen LogP contribution in [0.2, 0.25) is 0 Å². The summed E-state index contributed by atoms with van der Waals surface area (Å²) in [5.41, 5.74) is -0.0557. The molecule has 2 aliphatic rings. The highest BCUT2D eigenvalue weighted by molar-refractivity contribution is 5.25. The van der Waals surface area contributed by atoms with Gasteiger partial charge in [0.1, 0.15) is 0 Å². The number of nitrogens with zero attached hydrogens (tertiary/aromatic N) is 3. The second kappa shape index (κ2) is 6.03. The van der Waals surface area contributed by atoms with Crippen LogP contribution in [-0.4, -0.2) is 64.5 Å². The molecule has 6 heteroatoms. The van der Waals surface area contributed by atoms with E-state index < -0.39 is 0 Å². The Labute approximate surface area is 119 Å². The van der Waals surface area contributed by atoms with Crippen molar-refractivity contribution in [3.63, 3.8) is 0 Å². The second-order valence-electron chi connectivity index (χ2n) is 5.72. The van der Waals surface area contributed by atoms with E-state index in [1.54, 1.807) is 12.4 Å². The van der Waals surface area contributed by atoms with E-state index in [0.29, 0.717) is 12.6 Å². The van der Waals surface area contributed by atoms with E-state index in [-0.39, 0.29) is 18.2 Å². The third-order valence-corrected chi connectivity index (χ3v) is 4.14. The summed E-state index contributed by atoms with van der Waals surface area (Å²) in [7, 11) is 0. The Hall–Kier alpha value is -1.24. The van der Waals surface area contributed by atoms with Crippen LogP contribution in [0.1, 0.15) is 19.3 Å². The summed E-state index contributed by atoms with van der Waals surface area (Å²) in [4.78, 5) is 10.7. The highest BCUT2D eigenvalue weighted by Gasteiger charge is 2.43. The maximum absolute atomic E-state index is 9.09. The molecule has 3 rings (SSSR count). The fraction of sp³-hybridized carbons (Fsp3) is 0.714. The minimum Gasteiger partial charge on any atom is -0.395 e. The first-order valence-electron chi connectivity index (χ1n) is 7.30. The number of aliphatic hydroxyl groups excluding tert-OH is 1. The normalized spacial score (nSPS) is 30.8. The van der Waals surface area contributed by atoms with Gasteiger partial charge >= 0.3 is 0 Å². The molecule has 0 unspecified atom stereocenters. The lowest BCUT2D eigenvalue weighted by Gasteiger charge is -2.39. The zero-order valence-corrected chi connectivity index (χ0v) is 11.7. The van der Waals surface area contributed by atoms with Gasteiger partial charge < -0.3 is 15.2 Å². The van der Waals surface area contributed by atoms with E-state index in [0.717, 1.165) is 38.9 Å². The fourth-order valence-corrected chi connectivity index (χ4v) is 3.30. The van der Waals surface area contributed by atoms with Crippen LogP contribution < -0.4 is 5.32 Å². The topological polar surface area (TPSA) is 70.5 Å². The Kier molecular flexibility index (Phi) is 4.14. The molecule has 2 fully saturated rings. The lowest BCUT2D eigenvalue weighted by atomic mass is 9.89. The van der Waals surface area contributed by atoms with Crippen molar-refractivity contribution in [2.45, 2.75) is 30.9 Å². The molecule has 0 saturated carbocycles. The van der Waals surface area contributed by atoms with Gasteiger partial charge in [-0.3, -0.25) is 4.90 Å². The van der Waals surface area contributed by atoms with Crippen LogP contribution in [-0.2, 0) is 4.74 Å². The molecule has 20 heavy (non-hydrogen) atoms. The number of aliphatic hydroxyl groups is 1. The van der Waals surface area contributed by atoms with Gasteiger partial charge in [0.2, 0.25) is 5.95 Å². The molecule has 6 nitrogen and oxygen atoms in total. The van der Waals surface area contributed by atoms with Crippen molar-refractivity contribution in [1.29, 1.82) is 0 Å². The van der Waals surface area contributed by atoms with Crippen molar-refractivity contribution in [3.05, 3.63) is 18.5 Å². The van der Waals surface area contributed by atoms with Gasteiger partial charge in [0, 0.05) is 31.9 Å². The van der Waals surface area contributed by atoms with Gasteiger partial charge in [-0.05, 0) is 25.5 Å². The van der Waals surface area contributed by atoms with Crippen LogP contribution in [0.15, 0.2) is 18.5 Å². The van der Waals surface area contributed by atoms with Crippen molar-refractivity contribution < 1.29 is 9.84 Å². The number of likely N-dealkylation sites (tertiary alicyclic amines) is 1. The molecule has 0 bridgehead atoms. The van der Waals surface area contributed by atoms with Crippen LogP contribution in [0.25, 0.3) is 0 Å². The molecular weight excluding hydrogens is 256 g/mol. The number of hydrogen-bond donors (Lipinski definition) is 2. The molecule has 3 heterocycles. The zero-order chi connectivity index (χ0) is 13.8. The second-order valence-corrected chi connectivity index (χ2v) is 5.72. The van der Waals surface area contributed by atoms with Gasteiger partial charge in [-0.25, -0.2) is 9.97 Å². The Bertz CT molecular complexity index is 428. The van der Waals surface area contributed by atoms with Gasteiger partial charge in [0.05, 0.1) is 24.9 Å². The summed E-state index contributed by atoms with van der Waals surface area (Å²) in [5, 5.41) is 12.4. The SMILES string of the molecule is OCCN1CCC[C@@]2(C[C@H](Nc3ncccn3)CO2)C1. The molecule has 2 saturated heterocycles. The fourth-order valence-electron chi connectivity index (χ4n) is 3.30. The minimum atomic E-state index is -0.0557. The van der Waals surface area contributed by atoms with Crippen molar-refractivity contribution in [2.75, 3.05) is 38.2 Å². The minimum absolute atomic E-state index is 0.0557. The molecule has 0 radical (unpaired) electrons. The van der Waals surface area contributed by atoms with Crippen molar-refractivity contribution in [2.24, 2.45) is 0 Å². The molecule has 110 valence electrons. The number of β-amino-alcohol motifs (C(OH)–C–C–N with tert-alkyl or cyclic N) is 1. The monoisotopic (exact) mass is 278 g/mol. The molecule has 2 aliphatic heterocycles. The molecule has 1 aromatic rings. The number of nitrogens with one attached hydrogen (secondary N) is 1. The summed E-state index contributed by atoms with van der Waals surface area (Å²) in [6.07, 6.45) is 6.69. The Balaban J connectivity index is 1.58. The predicted octanol–water partition coefficient (Wildman–Crippen LogP) is 0.504. The van der Waals surface area contributed by atoms with Crippen molar-refractivity contribution in [1.82, 2.24) is 14.9 Å². The average molecular weight is 278 g/mol. The van der Waals surface area contributed by atoms with Gasteiger partial charge in [0.15, 0.2) is 0 Å². The van der Waals surface area contributed by atoms with Crippen LogP contribution >= 0.6 is 0 Å². The third kappa shape index (κ3) is 3.08. The highest BCUT2D eigenvalue weighted by Crippen LogP contribution is 2.35. The third-order valence-electron chi connectivity index (χ3n) is 4.14. The van der Waals surface area contributed by atoms with E-state index in [9.17, 15) is 0 Å². The molecule has 0 aromatic carbocycles. The van der Waals surface area contributed by atoms with Crippen LogP contribution in [0.5, 0.6) is 0 Å². The largest absolute Gasteiger partial charge is 0.395 e. The number of rotatable bonds is 4. The lowest BCUT2D eigenvalue weighted by Crippen LogP contribution is -2.48.